The van der Waals surface area contributed by atoms with Gasteiger partial charge in [0.2, 0.25) is 16.9 Å². The van der Waals surface area contributed by atoms with Crippen LogP contribution in [0.25, 0.3) is 0 Å². The lowest BCUT2D eigenvalue weighted by Crippen LogP contribution is -2.39. The van der Waals surface area contributed by atoms with Gasteiger partial charge in [-0.25, -0.2) is 8.42 Å². The maximum absolute atomic E-state index is 12.5. The van der Waals surface area contributed by atoms with Crippen LogP contribution in [0.3, 0.4) is 0 Å². The van der Waals surface area contributed by atoms with Gasteiger partial charge in [-0.3, -0.25) is 14.9 Å². The van der Waals surface area contributed by atoms with Crippen LogP contribution >= 0.6 is 11.3 Å². The highest BCUT2D eigenvalue weighted by molar-refractivity contribution is 7.93. The first-order valence-corrected chi connectivity index (χ1v) is 10.6. The average Bonchev–Trinajstić information content (AvgIpc) is 3.02. The first-order valence-electron chi connectivity index (χ1n) is 8.04. The monoisotopic (exact) mass is 412 g/mol. The summed E-state index contributed by atoms with van der Waals surface area (Å²) in [6, 6.07) is 8.48. The number of amides is 2. The fourth-order valence-corrected chi connectivity index (χ4v) is 4.52. The standard InChI is InChI=1S/C16H20N4O5S2/c1-3-12(15(22)18-16-20-19-14(26-16)9-25-2)27(23,24)10-13(21)17-11-7-5-4-6-8-11/h4-8,12H,3,9-10H2,1-2H3,(H,17,21)(H,18,20,22). The minimum absolute atomic E-state index is 0.0243. The second kappa shape index (κ2) is 9.53. The molecule has 1 aromatic heterocycles. The highest BCUT2D eigenvalue weighted by atomic mass is 32.2. The molecule has 0 radical (unpaired) electrons. The number of nitrogens with one attached hydrogen (secondary N) is 2. The van der Waals surface area contributed by atoms with Crippen molar-refractivity contribution < 1.29 is 22.7 Å². The van der Waals surface area contributed by atoms with Crippen LogP contribution in [0, 0.1) is 0 Å². The van der Waals surface area contributed by atoms with E-state index in [9.17, 15) is 18.0 Å². The number of rotatable bonds is 9. The number of ether oxygens (including phenoxy) is 1. The Labute approximate surface area is 161 Å². The van der Waals surface area contributed by atoms with Crippen LogP contribution in [0.2, 0.25) is 0 Å². The van der Waals surface area contributed by atoms with E-state index >= 15 is 0 Å². The van der Waals surface area contributed by atoms with E-state index in [2.05, 4.69) is 20.8 Å². The third-order valence-corrected chi connectivity index (χ3v) is 6.34. The molecule has 0 bridgehead atoms. The molecule has 0 aliphatic carbocycles. The van der Waals surface area contributed by atoms with Crippen LogP contribution in [0.5, 0.6) is 0 Å². The predicted molar refractivity (Wildman–Crippen MR) is 102 cm³/mol. The molecule has 27 heavy (non-hydrogen) atoms. The molecule has 2 aromatic rings. The summed E-state index contributed by atoms with van der Waals surface area (Å²) in [5.41, 5.74) is 0.481. The molecule has 1 atom stereocenters. The second-order valence-corrected chi connectivity index (χ2v) is 8.79. The molecular formula is C16H20N4O5S2. The number of benzene rings is 1. The van der Waals surface area contributed by atoms with Gasteiger partial charge in [0.1, 0.15) is 22.6 Å². The van der Waals surface area contributed by atoms with Gasteiger partial charge in [-0.1, -0.05) is 36.5 Å². The Morgan fingerprint density at radius 1 is 1.19 bits per heavy atom. The van der Waals surface area contributed by atoms with Crippen LogP contribution in [0.15, 0.2) is 30.3 Å². The van der Waals surface area contributed by atoms with Crippen molar-refractivity contribution in [2.24, 2.45) is 0 Å². The summed E-state index contributed by atoms with van der Waals surface area (Å²) < 4.78 is 30.0. The predicted octanol–water partition coefficient (Wildman–Crippen LogP) is 1.46. The average molecular weight is 412 g/mol. The van der Waals surface area contributed by atoms with Crippen molar-refractivity contribution in [1.29, 1.82) is 0 Å². The van der Waals surface area contributed by atoms with Crippen molar-refractivity contribution in [1.82, 2.24) is 10.2 Å². The highest BCUT2D eigenvalue weighted by Crippen LogP contribution is 2.18. The molecule has 0 fully saturated rings. The van der Waals surface area contributed by atoms with E-state index in [-0.39, 0.29) is 18.2 Å². The zero-order valence-electron chi connectivity index (χ0n) is 14.8. The Morgan fingerprint density at radius 3 is 2.52 bits per heavy atom. The molecule has 0 saturated carbocycles. The minimum atomic E-state index is -4.01. The molecule has 1 aromatic carbocycles. The number of para-hydroxylation sites is 1. The van der Waals surface area contributed by atoms with Gasteiger partial charge in [0.25, 0.3) is 0 Å². The third-order valence-electron chi connectivity index (χ3n) is 3.45. The van der Waals surface area contributed by atoms with E-state index in [0.29, 0.717) is 10.7 Å². The lowest BCUT2D eigenvalue weighted by Gasteiger charge is -2.14. The molecule has 0 aliphatic heterocycles. The number of hydrogen-bond donors (Lipinski definition) is 2. The lowest BCUT2D eigenvalue weighted by molar-refractivity contribution is -0.115. The molecule has 0 aliphatic rings. The van der Waals surface area contributed by atoms with Gasteiger partial charge in [-0.2, -0.15) is 0 Å². The van der Waals surface area contributed by atoms with Crippen molar-refractivity contribution in [3.63, 3.8) is 0 Å². The molecule has 2 rings (SSSR count). The summed E-state index contributed by atoms with van der Waals surface area (Å²) in [6.07, 6.45) is 0.0243. The number of anilines is 2. The van der Waals surface area contributed by atoms with Crippen LogP contribution in [-0.4, -0.2) is 48.5 Å². The van der Waals surface area contributed by atoms with Crippen molar-refractivity contribution >= 4 is 43.8 Å². The molecule has 0 saturated heterocycles. The quantitative estimate of drug-likeness (QED) is 0.638. The molecule has 1 unspecified atom stereocenters. The first-order chi connectivity index (χ1) is 12.9. The smallest absolute Gasteiger partial charge is 0.244 e. The van der Waals surface area contributed by atoms with E-state index < -0.39 is 32.7 Å². The zero-order valence-corrected chi connectivity index (χ0v) is 16.5. The van der Waals surface area contributed by atoms with Gasteiger partial charge in [-0.15, -0.1) is 10.2 Å². The van der Waals surface area contributed by atoms with Gasteiger partial charge >= 0.3 is 0 Å². The second-order valence-electron chi connectivity index (χ2n) is 5.54. The van der Waals surface area contributed by atoms with Gasteiger partial charge in [-0.05, 0) is 18.6 Å². The van der Waals surface area contributed by atoms with Crippen molar-refractivity contribution in [3.8, 4) is 0 Å². The minimum Gasteiger partial charge on any atom is -0.377 e. The maximum Gasteiger partial charge on any atom is 0.244 e. The molecule has 146 valence electrons. The molecule has 1 heterocycles. The van der Waals surface area contributed by atoms with E-state index in [0.717, 1.165) is 11.3 Å². The SMILES string of the molecule is CCC(C(=O)Nc1nnc(COC)s1)S(=O)(=O)CC(=O)Nc1ccccc1. The summed E-state index contributed by atoms with van der Waals surface area (Å²) in [5, 5.41) is 11.9. The molecule has 2 amide bonds. The molecule has 0 spiro atoms. The van der Waals surface area contributed by atoms with Gasteiger partial charge in [0.05, 0.1) is 0 Å². The van der Waals surface area contributed by atoms with Crippen molar-refractivity contribution in [3.05, 3.63) is 35.3 Å². The third kappa shape index (κ3) is 6.08. The maximum atomic E-state index is 12.5. The topological polar surface area (TPSA) is 127 Å². The van der Waals surface area contributed by atoms with Crippen molar-refractivity contribution in [2.45, 2.75) is 25.2 Å². The van der Waals surface area contributed by atoms with E-state index in [4.69, 9.17) is 4.74 Å². The number of sulfone groups is 1. The normalized spacial score (nSPS) is 12.4. The number of carbonyl (C=O) groups excluding carboxylic acids is 2. The number of carbonyl (C=O) groups is 2. The molecule has 9 nitrogen and oxygen atoms in total. The first kappa shape index (κ1) is 20.9. The summed E-state index contributed by atoms with van der Waals surface area (Å²) in [4.78, 5) is 24.4. The van der Waals surface area contributed by atoms with Gasteiger partial charge < -0.3 is 10.1 Å². The zero-order chi connectivity index (χ0) is 19.9. The van der Waals surface area contributed by atoms with E-state index in [1.165, 1.54) is 7.11 Å². The van der Waals surface area contributed by atoms with Gasteiger partial charge in [0, 0.05) is 12.8 Å². The van der Waals surface area contributed by atoms with Crippen LogP contribution in [0.1, 0.15) is 18.4 Å². The number of nitrogens with zero attached hydrogens (tertiary/aromatic N) is 2. The fourth-order valence-electron chi connectivity index (χ4n) is 2.28. The number of hydrogen-bond acceptors (Lipinski definition) is 8. The summed E-state index contributed by atoms with van der Waals surface area (Å²) in [5.74, 6) is -2.24. The Balaban J connectivity index is 2.02. The molecule has 11 heteroatoms. The Kier molecular flexibility index (Phi) is 7.39. The number of aromatic nitrogens is 2. The van der Waals surface area contributed by atoms with E-state index in [1.807, 2.05) is 0 Å². The van der Waals surface area contributed by atoms with E-state index in [1.54, 1.807) is 37.3 Å². The van der Waals surface area contributed by atoms with Crippen LogP contribution in [-0.2, 0) is 30.8 Å². The molecular weight excluding hydrogens is 392 g/mol. The summed E-state index contributed by atoms with van der Waals surface area (Å²) in [7, 11) is -2.51. The molecule has 2 N–H and O–H groups in total. The van der Waals surface area contributed by atoms with Gasteiger partial charge in [0.15, 0.2) is 9.84 Å². The Hall–Kier alpha value is -2.37. The summed E-state index contributed by atoms with van der Waals surface area (Å²) in [6.45, 7) is 1.80. The Bertz CT molecular complexity index is 883. The number of methoxy groups -OCH3 is 1. The fraction of sp³-hybridized carbons (Fsp3) is 0.375. The lowest BCUT2D eigenvalue weighted by atomic mass is 10.3. The highest BCUT2D eigenvalue weighted by Gasteiger charge is 2.33. The van der Waals surface area contributed by atoms with Crippen LogP contribution in [0.4, 0.5) is 10.8 Å². The van der Waals surface area contributed by atoms with Crippen molar-refractivity contribution in [2.75, 3.05) is 23.5 Å². The van der Waals surface area contributed by atoms with Crippen LogP contribution < -0.4 is 10.6 Å². The summed E-state index contributed by atoms with van der Waals surface area (Å²) >= 11 is 1.09. The Morgan fingerprint density at radius 2 is 1.89 bits per heavy atom. The largest absolute Gasteiger partial charge is 0.377 e.